The maximum atomic E-state index is 6.09. The first kappa shape index (κ1) is 13.1. The summed E-state index contributed by atoms with van der Waals surface area (Å²) < 4.78 is 0. The van der Waals surface area contributed by atoms with Crippen LogP contribution in [0.25, 0.3) is 0 Å². The molecule has 0 saturated carbocycles. The van der Waals surface area contributed by atoms with Gasteiger partial charge in [-0.3, -0.25) is 0 Å². The van der Waals surface area contributed by atoms with Gasteiger partial charge in [0.25, 0.3) is 0 Å². The Kier molecular flexibility index (Phi) is 3.40. The molecule has 2 nitrogen and oxygen atoms in total. The first-order chi connectivity index (χ1) is 9.01. The third kappa shape index (κ3) is 3.01. The molecule has 0 spiro atoms. The van der Waals surface area contributed by atoms with Crippen LogP contribution in [-0.2, 0) is 6.42 Å². The third-order valence-electron chi connectivity index (χ3n) is 4.72. The van der Waals surface area contributed by atoms with Gasteiger partial charge >= 0.3 is 0 Å². The van der Waals surface area contributed by atoms with E-state index in [1.54, 1.807) is 0 Å². The van der Waals surface area contributed by atoms with Crippen LogP contribution in [0.3, 0.4) is 0 Å². The lowest BCUT2D eigenvalue weighted by molar-refractivity contribution is 0.0871. The molecular formula is C17H26N2. The summed E-state index contributed by atoms with van der Waals surface area (Å²) in [5, 5.41) is 0. The number of piperidine rings is 3. The van der Waals surface area contributed by atoms with Gasteiger partial charge in [-0.2, -0.15) is 0 Å². The van der Waals surface area contributed by atoms with Crippen LogP contribution in [-0.4, -0.2) is 30.1 Å². The summed E-state index contributed by atoms with van der Waals surface area (Å²) in [6.07, 6.45) is 3.73. The molecule has 0 amide bonds. The van der Waals surface area contributed by atoms with E-state index in [1.165, 1.54) is 43.6 Å². The Morgan fingerprint density at radius 3 is 2.26 bits per heavy atom. The Morgan fingerprint density at radius 2 is 1.79 bits per heavy atom. The SMILES string of the molecule is CC(C)(N)Cc1ccc(C2CN3CCC2CC3)cc1. The van der Waals surface area contributed by atoms with E-state index >= 15 is 0 Å². The van der Waals surface area contributed by atoms with E-state index in [9.17, 15) is 0 Å². The lowest BCUT2D eigenvalue weighted by Crippen LogP contribution is -2.46. The van der Waals surface area contributed by atoms with Crippen molar-refractivity contribution in [1.29, 1.82) is 0 Å². The van der Waals surface area contributed by atoms with Gasteiger partial charge in [0.1, 0.15) is 0 Å². The highest BCUT2D eigenvalue weighted by Crippen LogP contribution is 2.38. The highest BCUT2D eigenvalue weighted by atomic mass is 15.1. The molecule has 0 aliphatic carbocycles. The van der Waals surface area contributed by atoms with E-state index in [2.05, 4.69) is 43.0 Å². The van der Waals surface area contributed by atoms with Gasteiger partial charge in [0.2, 0.25) is 0 Å². The average molecular weight is 258 g/mol. The van der Waals surface area contributed by atoms with Crippen LogP contribution in [0.2, 0.25) is 0 Å². The van der Waals surface area contributed by atoms with Crippen LogP contribution < -0.4 is 5.73 Å². The summed E-state index contributed by atoms with van der Waals surface area (Å²) in [7, 11) is 0. The summed E-state index contributed by atoms with van der Waals surface area (Å²) >= 11 is 0. The lowest BCUT2D eigenvalue weighted by atomic mass is 9.75. The number of hydrogen-bond acceptors (Lipinski definition) is 2. The summed E-state index contributed by atoms with van der Waals surface area (Å²) in [5.74, 6) is 1.68. The quantitative estimate of drug-likeness (QED) is 0.903. The molecule has 104 valence electrons. The molecule has 19 heavy (non-hydrogen) atoms. The van der Waals surface area contributed by atoms with Gasteiger partial charge in [0.15, 0.2) is 0 Å². The number of fused-ring (bicyclic) bond motifs is 3. The second-order valence-corrected chi connectivity index (χ2v) is 7.15. The molecule has 2 N–H and O–H groups in total. The summed E-state index contributed by atoms with van der Waals surface area (Å²) in [6.45, 7) is 8.09. The van der Waals surface area contributed by atoms with Gasteiger partial charge < -0.3 is 10.6 Å². The number of rotatable bonds is 3. The Bertz CT molecular complexity index is 422. The van der Waals surface area contributed by atoms with Crippen molar-refractivity contribution in [2.45, 2.75) is 44.6 Å². The smallest absolute Gasteiger partial charge is 0.0138 e. The minimum Gasteiger partial charge on any atom is -0.325 e. The van der Waals surface area contributed by atoms with Crippen LogP contribution >= 0.6 is 0 Å². The molecule has 3 heterocycles. The molecule has 4 rings (SSSR count). The van der Waals surface area contributed by atoms with Gasteiger partial charge in [-0.15, -0.1) is 0 Å². The Labute approximate surface area is 117 Å². The minimum absolute atomic E-state index is 0.114. The second-order valence-electron chi connectivity index (χ2n) is 7.15. The standard InChI is InChI=1S/C17H26N2/c1-17(2,18)11-13-3-5-14(6-4-13)16-12-19-9-7-15(16)8-10-19/h3-6,15-16H,7-12,18H2,1-2H3. The van der Waals surface area contributed by atoms with Crippen LogP contribution in [0.15, 0.2) is 24.3 Å². The van der Waals surface area contributed by atoms with Gasteiger partial charge in [0.05, 0.1) is 0 Å². The van der Waals surface area contributed by atoms with Crippen LogP contribution in [0.1, 0.15) is 43.7 Å². The minimum atomic E-state index is -0.114. The van der Waals surface area contributed by atoms with Crippen molar-refractivity contribution in [3.8, 4) is 0 Å². The zero-order chi connectivity index (χ0) is 13.5. The van der Waals surface area contributed by atoms with E-state index in [-0.39, 0.29) is 5.54 Å². The van der Waals surface area contributed by atoms with Gasteiger partial charge in [-0.25, -0.2) is 0 Å². The van der Waals surface area contributed by atoms with Gasteiger partial charge in [-0.05, 0) is 69.2 Å². The number of hydrogen-bond donors (Lipinski definition) is 1. The predicted octanol–water partition coefficient (Wildman–Crippen LogP) is 2.78. The van der Waals surface area contributed by atoms with Crippen LogP contribution in [0.5, 0.6) is 0 Å². The van der Waals surface area contributed by atoms with Crippen molar-refractivity contribution in [2.24, 2.45) is 11.7 Å². The largest absolute Gasteiger partial charge is 0.325 e. The zero-order valence-electron chi connectivity index (χ0n) is 12.2. The topological polar surface area (TPSA) is 29.3 Å². The fourth-order valence-corrected chi connectivity index (χ4v) is 3.75. The Morgan fingerprint density at radius 1 is 1.16 bits per heavy atom. The zero-order valence-corrected chi connectivity index (χ0v) is 12.2. The molecule has 3 aliphatic heterocycles. The summed E-state index contributed by atoms with van der Waals surface area (Å²) in [4.78, 5) is 2.63. The van der Waals surface area contributed by atoms with E-state index in [4.69, 9.17) is 5.73 Å². The summed E-state index contributed by atoms with van der Waals surface area (Å²) in [6, 6.07) is 9.24. The lowest BCUT2D eigenvalue weighted by Gasteiger charge is -2.45. The second kappa shape index (κ2) is 4.92. The van der Waals surface area contributed by atoms with Crippen LogP contribution in [0.4, 0.5) is 0 Å². The van der Waals surface area contributed by atoms with Crippen LogP contribution in [0, 0.1) is 5.92 Å². The molecule has 3 aliphatic rings. The summed E-state index contributed by atoms with van der Waals surface area (Å²) in [5.41, 5.74) is 8.87. The van der Waals surface area contributed by atoms with Gasteiger partial charge in [0, 0.05) is 12.1 Å². The van der Waals surface area contributed by atoms with Crippen molar-refractivity contribution in [2.75, 3.05) is 19.6 Å². The molecule has 2 heteroatoms. The van der Waals surface area contributed by atoms with Crippen molar-refractivity contribution >= 4 is 0 Å². The maximum absolute atomic E-state index is 6.09. The predicted molar refractivity (Wildman–Crippen MR) is 80.3 cm³/mol. The first-order valence-corrected chi connectivity index (χ1v) is 7.61. The van der Waals surface area contributed by atoms with Crippen molar-refractivity contribution in [3.05, 3.63) is 35.4 Å². The van der Waals surface area contributed by atoms with E-state index < -0.39 is 0 Å². The molecule has 1 atom stereocenters. The maximum Gasteiger partial charge on any atom is 0.0138 e. The molecule has 0 radical (unpaired) electrons. The average Bonchev–Trinajstić information content (AvgIpc) is 2.39. The number of nitrogens with two attached hydrogens (primary N) is 1. The van der Waals surface area contributed by atoms with E-state index in [0.29, 0.717) is 0 Å². The van der Waals surface area contributed by atoms with Crippen molar-refractivity contribution in [1.82, 2.24) is 4.90 Å². The fourth-order valence-electron chi connectivity index (χ4n) is 3.75. The normalized spacial score (nSPS) is 30.6. The van der Waals surface area contributed by atoms with Crippen molar-refractivity contribution < 1.29 is 0 Å². The van der Waals surface area contributed by atoms with E-state index in [0.717, 1.165) is 18.3 Å². The monoisotopic (exact) mass is 258 g/mol. The highest BCUT2D eigenvalue weighted by Gasteiger charge is 2.34. The molecular weight excluding hydrogens is 232 g/mol. The van der Waals surface area contributed by atoms with Crippen molar-refractivity contribution in [3.63, 3.8) is 0 Å². The molecule has 3 saturated heterocycles. The Balaban J connectivity index is 1.72. The first-order valence-electron chi connectivity index (χ1n) is 7.61. The van der Waals surface area contributed by atoms with E-state index in [1.807, 2.05) is 0 Å². The highest BCUT2D eigenvalue weighted by molar-refractivity contribution is 5.28. The Hall–Kier alpha value is -0.860. The number of benzene rings is 1. The third-order valence-corrected chi connectivity index (χ3v) is 4.72. The van der Waals surface area contributed by atoms with Gasteiger partial charge in [-0.1, -0.05) is 24.3 Å². The fraction of sp³-hybridized carbons (Fsp3) is 0.647. The molecule has 1 aromatic rings. The molecule has 1 unspecified atom stereocenters. The molecule has 2 bridgehead atoms. The number of nitrogens with zero attached hydrogens (tertiary/aromatic N) is 1. The molecule has 1 aromatic carbocycles. The molecule has 3 fully saturated rings. The molecule has 0 aromatic heterocycles.